The molecule has 2 N–H and O–H groups in total. The highest BCUT2D eigenvalue weighted by Crippen LogP contribution is 2.16. The Morgan fingerprint density at radius 2 is 1.95 bits per heavy atom. The summed E-state index contributed by atoms with van der Waals surface area (Å²) < 4.78 is 5.13. The van der Waals surface area contributed by atoms with Gasteiger partial charge in [-0.3, -0.25) is 9.69 Å². The van der Waals surface area contributed by atoms with Crippen LogP contribution in [0.5, 0.6) is 0 Å². The molecule has 5 heteroatoms. The van der Waals surface area contributed by atoms with E-state index in [4.69, 9.17) is 9.52 Å². The molecule has 0 aliphatic rings. The molecule has 1 aromatic carbocycles. The average Bonchev–Trinajstić information content (AvgIpc) is 2.93. The van der Waals surface area contributed by atoms with E-state index in [1.54, 1.807) is 17.0 Å². The van der Waals surface area contributed by atoms with Crippen molar-refractivity contribution < 1.29 is 19.4 Å². The molecule has 5 nitrogen and oxygen atoms in total. The Bertz CT molecular complexity index is 524. The number of aliphatic hydroxyl groups excluding tert-OH is 1. The first kappa shape index (κ1) is 14.3. The fraction of sp³-hybridized carbons (Fsp3) is 0.267. The van der Waals surface area contributed by atoms with Gasteiger partial charge in [-0.1, -0.05) is 30.3 Å². The first-order chi connectivity index (χ1) is 9.65. The van der Waals surface area contributed by atoms with Gasteiger partial charge in [-0.05, 0) is 17.7 Å². The minimum Gasteiger partial charge on any atom is -0.480 e. The predicted octanol–water partition coefficient (Wildman–Crippen LogP) is 1.90. The quantitative estimate of drug-likeness (QED) is 0.807. The fourth-order valence-electron chi connectivity index (χ4n) is 2.03. The summed E-state index contributed by atoms with van der Waals surface area (Å²) in [5, 5.41) is 19.0. The largest absolute Gasteiger partial charge is 0.480 e. The Morgan fingerprint density at radius 1 is 1.20 bits per heavy atom. The van der Waals surface area contributed by atoms with Gasteiger partial charge >= 0.3 is 5.97 Å². The van der Waals surface area contributed by atoms with Crippen LogP contribution in [0.4, 0.5) is 0 Å². The molecule has 1 aromatic heterocycles. The van der Waals surface area contributed by atoms with Crippen LogP contribution in [0.15, 0.2) is 53.1 Å². The van der Waals surface area contributed by atoms with E-state index in [-0.39, 0.29) is 13.1 Å². The van der Waals surface area contributed by atoms with Gasteiger partial charge < -0.3 is 14.6 Å². The molecule has 1 unspecified atom stereocenters. The zero-order valence-corrected chi connectivity index (χ0v) is 11.0. The average molecular weight is 275 g/mol. The molecule has 0 spiro atoms. The summed E-state index contributed by atoms with van der Waals surface area (Å²) in [6, 6.07) is 12.9. The van der Waals surface area contributed by atoms with Crippen molar-refractivity contribution in [3.05, 3.63) is 60.1 Å². The second-order valence-electron chi connectivity index (χ2n) is 4.58. The first-order valence-corrected chi connectivity index (χ1v) is 6.34. The van der Waals surface area contributed by atoms with Crippen LogP contribution in [0, 0.1) is 0 Å². The molecule has 0 saturated heterocycles. The topological polar surface area (TPSA) is 73.9 Å². The molecule has 0 bridgehead atoms. The molecule has 20 heavy (non-hydrogen) atoms. The SMILES string of the molecule is O=C(O)CN(Cc1ccccc1)CC(O)c1ccco1. The van der Waals surface area contributed by atoms with Gasteiger partial charge in [0.1, 0.15) is 11.9 Å². The normalized spacial score (nSPS) is 12.5. The van der Waals surface area contributed by atoms with Crippen LogP contribution in [0.2, 0.25) is 0 Å². The number of benzene rings is 1. The molecule has 106 valence electrons. The molecular weight excluding hydrogens is 258 g/mol. The maximum atomic E-state index is 10.9. The second-order valence-corrected chi connectivity index (χ2v) is 4.58. The van der Waals surface area contributed by atoms with Crippen LogP contribution in [-0.4, -0.2) is 34.2 Å². The molecule has 0 saturated carbocycles. The summed E-state index contributed by atoms with van der Waals surface area (Å²) in [4.78, 5) is 12.6. The summed E-state index contributed by atoms with van der Waals surface area (Å²) in [6.07, 6.45) is 0.644. The summed E-state index contributed by atoms with van der Waals surface area (Å²) >= 11 is 0. The molecule has 0 radical (unpaired) electrons. The van der Waals surface area contributed by atoms with Crippen LogP contribution in [0.1, 0.15) is 17.4 Å². The zero-order valence-electron chi connectivity index (χ0n) is 11.0. The molecule has 0 fully saturated rings. The molecule has 1 atom stereocenters. The van der Waals surface area contributed by atoms with Crippen LogP contribution >= 0.6 is 0 Å². The standard InChI is InChI=1S/C15H17NO4/c17-13(14-7-4-8-20-14)10-16(11-15(18)19)9-12-5-2-1-3-6-12/h1-8,13,17H,9-11H2,(H,18,19). The summed E-state index contributed by atoms with van der Waals surface area (Å²) in [6.45, 7) is 0.534. The zero-order chi connectivity index (χ0) is 14.4. The van der Waals surface area contributed by atoms with Crippen molar-refractivity contribution in [1.29, 1.82) is 0 Å². The number of carbonyl (C=O) groups is 1. The third-order valence-corrected chi connectivity index (χ3v) is 2.91. The van der Waals surface area contributed by atoms with Crippen LogP contribution in [0.25, 0.3) is 0 Å². The lowest BCUT2D eigenvalue weighted by atomic mass is 10.2. The Balaban J connectivity index is 2.02. The fourth-order valence-corrected chi connectivity index (χ4v) is 2.03. The molecule has 2 aromatic rings. The van der Waals surface area contributed by atoms with Crippen molar-refractivity contribution >= 4 is 5.97 Å². The maximum absolute atomic E-state index is 10.9. The van der Waals surface area contributed by atoms with E-state index in [9.17, 15) is 9.90 Å². The van der Waals surface area contributed by atoms with Gasteiger partial charge in [0.15, 0.2) is 0 Å². The lowest BCUT2D eigenvalue weighted by molar-refractivity contribution is -0.138. The Morgan fingerprint density at radius 3 is 2.55 bits per heavy atom. The molecule has 1 heterocycles. The van der Waals surface area contributed by atoms with Gasteiger partial charge in [0, 0.05) is 13.1 Å². The summed E-state index contributed by atoms with van der Waals surface area (Å²) in [5.74, 6) is -0.485. The van der Waals surface area contributed by atoms with E-state index >= 15 is 0 Å². The van der Waals surface area contributed by atoms with Crippen molar-refractivity contribution in [2.24, 2.45) is 0 Å². The van der Waals surface area contributed by atoms with Crippen molar-refractivity contribution in [2.45, 2.75) is 12.6 Å². The number of aliphatic hydroxyl groups is 1. The van der Waals surface area contributed by atoms with Crippen molar-refractivity contribution in [1.82, 2.24) is 4.90 Å². The second kappa shape index (κ2) is 6.88. The van der Waals surface area contributed by atoms with Crippen molar-refractivity contribution in [2.75, 3.05) is 13.1 Å². The minimum absolute atomic E-state index is 0.132. The molecular formula is C15H17NO4. The van der Waals surface area contributed by atoms with Crippen LogP contribution in [0.3, 0.4) is 0 Å². The van der Waals surface area contributed by atoms with E-state index in [0.29, 0.717) is 12.3 Å². The van der Waals surface area contributed by atoms with Crippen molar-refractivity contribution in [3.8, 4) is 0 Å². The van der Waals surface area contributed by atoms with Gasteiger partial charge in [-0.2, -0.15) is 0 Å². The van der Waals surface area contributed by atoms with Crippen molar-refractivity contribution in [3.63, 3.8) is 0 Å². The Kier molecular flexibility index (Phi) is 4.92. The third-order valence-electron chi connectivity index (χ3n) is 2.91. The van der Waals surface area contributed by atoms with Gasteiger partial charge in [0.25, 0.3) is 0 Å². The lowest BCUT2D eigenvalue weighted by Gasteiger charge is -2.22. The third kappa shape index (κ3) is 4.22. The monoisotopic (exact) mass is 275 g/mol. The van der Waals surface area contributed by atoms with E-state index in [2.05, 4.69) is 0 Å². The number of carboxylic acid groups (broad SMARTS) is 1. The van der Waals surface area contributed by atoms with E-state index in [1.165, 1.54) is 6.26 Å². The number of hydrogen-bond acceptors (Lipinski definition) is 4. The summed E-state index contributed by atoms with van der Waals surface area (Å²) in [5.41, 5.74) is 1.00. The first-order valence-electron chi connectivity index (χ1n) is 6.34. The number of furan rings is 1. The molecule has 0 aliphatic carbocycles. The number of carboxylic acids is 1. The highest BCUT2D eigenvalue weighted by Gasteiger charge is 2.18. The number of rotatable bonds is 7. The molecule has 0 aliphatic heterocycles. The number of nitrogens with zero attached hydrogens (tertiary/aromatic N) is 1. The molecule has 0 amide bonds. The minimum atomic E-state index is -0.924. The van der Waals surface area contributed by atoms with E-state index in [0.717, 1.165) is 5.56 Å². The van der Waals surface area contributed by atoms with Gasteiger partial charge in [-0.15, -0.1) is 0 Å². The summed E-state index contributed by atoms with van der Waals surface area (Å²) in [7, 11) is 0. The predicted molar refractivity (Wildman–Crippen MR) is 73.0 cm³/mol. The Hall–Kier alpha value is -2.11. The van der Waals surface area contributed by atoms with Gasteiger partial charge in [0.2, 0.25) is 0 Å². The molecule has 2 rings (SSSR count). The maximum Gasteiger partial charge on any atom is 0.317 e. The van der Waals surface area contributed by atoms with E-state index < -0.39 is 12.1 Å². The van der Waals surface area contributed by atoms with Gasteiger partial charge in [0.05, 0.1) is 12.8 Å². The highest BCUT2D eigenvalue weighted by molar-refractivity contribution is 5.69. The lowest BCUT2D eigenvalue weighted by Crippen LogP contribution is -2.33. The Labute approximate surface area is 117 Å². The van der Waals surface area contributed by atoms with Gasteiger partial charge in [-0.25, -0.2) is 0 Å². The highest BCUT2D eigenvalue weighted by atomic mass is 16.4. The van der Waals surface area contributed by atoms with Crippen LogP contribution in [-0.2, 0) is 11.3 Å². The number of hydrogen-bond donors (Lipinski definition) is 2. The van der Waals surface area contributed by atoms with Crippen LogP contribution < -0.4 is 0 Å². The number of aliphatic carboxylic acids is 1. The smallest absolute Gasteiger partial charge is 0.317 e. The van der Waals surface area contributed by atoms with E-state index in [1.807, 2.05) is 30.3 Å².